The van der Waals surface area contributed by atoms with Crippen LogP contribution in [-0.4, -0.2) is 11.0 Å². The molecule has 1 aromatic heterocycles. The molecule has 1 aliphatic carbocycles. The average molecular weight is 255 g/mol. The fourth-order valence-electron chi connectivity index (χ4n) is 3.12. The summed E-state index contributed by atoms with van der Waals surface area (Å²) in [5.74, 6) is 0. The van der Waals surface area contributed by atoms with Gasteiger partial charge in [0.1, 0.15) is 0 Å². The van der Waals surface area contributed by atoms with Gasteiger partial charge in [-0.2, -0.15) is 0 Å². The number of anilines is 2. The van der Waals surface area contributed by atoms with Gasteiger partial charge < -0.3 is 11.1 Å². The van der Waals surface area contributed by atoms with E-state index in [2.05, 4.69) is 30.2 Å². The molecule has 0 radical (unpaired) electrons. The first kappa shape index (κ1) is 12.3. The molecule has 0 bridgehead atoms. The number of rotatable bonds is 2. The molecular formula is C16H21N3. The van der Waals surface area contributed by atoms with Crippen LogP contribution < -0.4 is 11.1 Å². The lowest BCUT2D eigenvalue weighted by molar-refractivity contribution is 0.350. The Kier molecular flexibility index (Phi) is 2.85. The first-order valence-corrected chi connectivity index (χ1v) is 6.97. The van der Waals surface area contributed by atoms with Crippen molar-refractivity contribution in [1.82, 2.24) is 4.98 Å². The van der Waals surface area contributed by atoms with Crippen molar-refractivity contribution in [2.45, 2.75) is 39.2 Å². The molecule has 0 aliphatic heterocycles. The zero-order valence-corrected chi connectivity index (χ0v) is 11.6. The van der Waals surface area contributed by atoms with Crippen LogP contribution in [0.2, 0.25) is 0 Å². The largest absolute Gasteiger partial charge is 0.398 e. The van der Waals surface area contributed by atoms with Crippen LogP contribution in [0.3, 0.4) is 0 Å². The van der Waals surface area contributed by atoms with E-state index in [1.165, 1.54) is 19.3 Å². The summed E-state index contributed by atoms with van der Waals surface area (Å²) < 4.78 is 0. The Bertz CT molecular complexity index is 604. The molecule has 3 N–H and O–H groups in total. The summed E-state index contributed by atoms with van der Waals surface area (Å²) in [6, 6.07) is 6.57. The van der Waals surface area contributed by atoms with Crippen LogP contribution in [0.4, 0.5) is 11.4 Å². The minimum absolute atomic E-state index is 0.357. The molecule has 1 unspecified atom stereocenters. The fourth-order valence-corrected chi connectivity index (χ4v) is 3.12. The predicted molar refractivity (Wildman–Crippen MR) is 81.2 cm³/mol. The van der Waals surface area contributed by atoms with E-state index < -0.39 is 0 Å². The molecule has 3 heteroatoms. The summed E-state index contributed by atoms with van der Waals surface area (Å²) in [6.07, 6.45) is 7.52. The zero-order valence-electron chi connectivity index (χ0n) is 11.6. The molecule has 3 nitrogen and oxygen atoms in total. The summed E-state index contributed by atoms with van der Waals surface area (Å²) in [6.45, 7) is 4.69. The molecule has 1 heterocycles. The highest BCUT2D eigenvalue weighted by atomic mass is 14.9. The number of nitrogen functional groups attached to an aromatic ring is 1. The van der Waals surface area contributed by atoms with Gasteiger partial charge in [-0.1, -0.05) is 20.3 Å². The Labute approximate surface area is 114 Å². The van der Waals surface area contributed by atoms with E-state index in [1.54, 1.807) is 6.20 Å². The number of pyridine rings is 1. The topological polar surface area (TPSA) is 50.9 Å². The molecule has 1 aromatic carbocycles. The third kappa shape index (κ3) is 2.14. The van der Waals surface area contributed by atoms with Crippen molar-refractivity contribution in [3.05, 3.63) is 30.6 Å². The number of hydrogen-bond donors (Lipinski definition) is 2. The third-order valence-electron chi connectivity index (χ3n) is 4.44. The fraction of sp³-hybridized carbons (Fsp3) is 0.438. The summed E-state index contributed by atoms with van der Waals surface area (Å²) in [4.78, 5) is 4.23. The molecular weight excluding hydrogens is 234 g/mol. The minimum Gasteiger partial charge on any atom is -0.398 e. The van der Waals surface area contributed by atoms with Gasteiger partial charge in [0.05, 0.1) is 0 Å². The molecule has 1 saturated carbocycles. The molecule has 100 valence electrons. The normalized spacial score (nSPS) is 21.7. The van der Waals surface area contributed by atoms with E-state index in [-0.39, 0.29) is 0 Å². The van der Waals surface area contributed by atoms with Crippen LogP contribution in [-0.2, 0) is 0 Å². The second-order valence-electron chi connectivity index (χ2n) is 6.20. The van der Waals surface area contributed by atoms with Crippen molar-refractivity contribution in [2.75, 3.05) is 11.1 Å². The van der Waals surface area contributed by atoms with Crippen molar-refractivity contribution in [3.63, 3.8) is 0 Å². The quantitative estimate of drug-likeness (QED) is 0.802. The van der Waals surface area contributed by atoms with Crippen molar-refractivity contribution in [2.24, 2.45) is 5.41 Å². The highest BCUT2D eigenvalue weighted by Crippen LogP contribution is 2.40. The van der Waals surface area contributed by atoms with Gasteiger partial charge in [0.2, 0.25) is 0 Å². The van der Waals surface area contributed by atoms with Crippen molar-refractivity contribution in [1.29, 1.82) is 0 Å². The van der Waals surface area contributed by atoms with Crippen molar-refractivity contribution >= 4 is 22.1 Å². The predicted octanol–water partition coefficient (Wildman–Crippen LogP) is 3.81. The van der Waals surface area contributed by atoms with Crippen molar-refractivity contribution in [3.8, 4) is 0 Å². The van der Waals surface area contributed by atoms with E-state index in [0.29, 0.717) is 11.5 Å². The number of aromatic nitrogens is 1. The van der Waals surface area contributed by atoms with E-state index in [9.17, 15) is 0 Å². The first-order valence-electron chi connectivity index (χ1n) is 6.97. The second-order valence-corrected chi connectivity index (χ2v) is 6.20. The van der Waals surface area contributed by atoms with Crippen LogP contribution in [0.1, 0.15) is 33.1 Å². The zero-order chi connectivity index (χ0) is 13.5. The van der Waals surface area contributed by atoms with Crippen molar-refractivity contribution < 1.29 is 0 Å². The number of hydrogen-bond acceptors (Lipinski definition) is 3. The number of nitrogens with two attached hydrogens (primary N) is 1. The van der Waals surface area contributed by atoms with Gasteiger partial charge in [-0.3, -0.25) is 4.98 Å². The highest BCUT2D eigenvalue weighted by Gasteiger charge is 2.34. The molecule has 2 aromatic rings. The van der Waals surface area contributed by atoms with Crippen LogP contribution in [0.25, 0.3) is 10.8 Å². The molecule has 1 fully saturated rings. The first-order chi connectivity index (χ1) is 9.08. The van der Waals surface area contributed by atoms with Gasteiger partial charge in [-0.25, -0.2) is 0 Å². The smallest absolute Gasteiger partial charge is 0.0439 e. The summed E-state index contributed by atoms with van der Waals surface area (Å²) in [5.41, 5.74) is 8.35. The number of nitrogens with one attached hydrogen (secondary N) is 1. The summed E-state index contributed by atoms with van der Waals surface area (Å²) in [5, 5.41) is 5.90. The monoisotopic (exact) mass is 255 g/mol. The highest BCUT2D eigenvalue weighted by molar-refractivity contribution is 6.00. The Morgan fingerprint density at radius 1 is 1.26 bits per heavy atom. The van der Waals surface area contributed by atoms with E-state index in [4.69, 9.17) is 5.73 Å². The van der Waals surface area contributed by atoms with Crippen LogP contribution in [0.15, 0.2) is 30.6 Å². The molecule has 0 amide bonds. The van der Waals surface area contributed by atoms with E-state index >= 15 is 0 Å². The minimum atomic E-state index is 0.357. The maximum Gasteiger partial charge on any atom is 0.0439 e. The van der Waals surface area contributed by atoms with E-state index in [0.717, 1.165) is 22.1 Å². The third-order valence-corrected chi connectivity index (χ3v) is 4.44. The van der Waals surface area contributed by atoms with Gasteiger partial charge >= 0.3 is 0 Å². The summed E-state index contributed by atoms with van der Waals surface area (Å²) in [7, 11) is 0. The molecule has 0 saturated heterocycles. The Balaban J connectivity index is 2.00. The van der Waals surface area contributed by atoms with Gasteiger partial charge in [-0.15, -0.1) is 0 Å². The molecule has 0 spiro atoms. The average Bonchev–Trinajstić information content (AvgIpc) is 2.72. The molecule has 1 aliphatic rings. The van der Waals surface area contributed by atoms with Gasteiger partial charge in [0.25, 0.3) is 0 Å². The standard InChI is InChI=1S/C16H21N3/c1-16(2)8-3-4-15(16)19-14-6-5-13(17)11-7-9-18-10-12(11)14/h5-7,9-10,15,19H,3-4,8,17H2,1-2H3. The Morgan fingerprint density at radius 2 is 2.11 bits per heavy atom. The maximum absolute atomic E-state index is 6.03. The van der Waals surface area contributed by atoms with Crippen LogP contribution >= 0.6 is 0 Å². The molecule has 19 heavy (non-hydrogen) atoms. The Morgan fingerprint density at radius 3 is 2.84 bits per heavy atom. The lowest BCUT2D eigenvalue weighted by Crippen LogP contribution is -2.30. The van der Waals surface area contributed by atoms with Crippen LogP contribution in [0, 0.1) is 5.41 Å². The maximum atomic E-state index is 6.03. The van der Waals surface area contributed by atoms with Crippen LogP contribution in [0.5, 0.6) is 0 Å². The second kappa shape index (κ2) is 4.41. The lowest BCUT2D eigenvalue weighted by Gasteiger charge is -2.29. The van der Waals surface area contributed by atoms with Gasteiger partial charge in [0, 0.05) is 40.6 Å². The Hall–Kier alpha value is -1.77. The molecule has 3 rings (SSSR count). The number of nitrogens with zero attached hydrogens (tertiary/aromatic N) is 1. The van der Waals surface area contributed by atoms with E-state index in [1.807, 2.05) is 18.3 Å². The lowest BCUT2D eigenvalue weighted by atomic mass is 9.87. The van der Waals surface area contributed by atoms with Gasteiger partial charge in [-0.05, 0) is 36.5 Å². The number of fused-ring (bicyclic) bond motifs is 1. The van der Waals surface area contributed by atoms with Gasteiger partial charge in [0.15, 0.2) is 0 Å². The summed E-state index contributed by atoms with van der Waals surface area (Å²) >= 11 is 0. The molecule has 1 atom stereocenters. The SMILES string of the molecule is CC1(C)CCCC1Nc1ccc(N)c2ccncc12. The number of benzene rings is 1.